The molecule has 3 amide bonds. The van der Waals surface area contributed by atoms with Crippen LogP contribution in [0.5, 0.6) is 5.75 Å². The van der Waals surface area contributed by atoms with Crippen molar-refractivity contribution in [2.45, 2.75) is 76.5 Å². The normalized spacial score (nSPS) is 22.1. The molecule has 0 radical (unpaired) electrons. The summed E-state index contributed by atoms with van der Waals surface area (Å²) in [5, 5.41) is 5.43. The molecule has 1 aromatic carbocycles. The lowest BCUT2D eigenvalue weighted by Crippen LogP contribution is -2.68. The standard InChI is InChI=1S/C28H41N3O7/c1-5-37-16-23(32)30-18(2)25(34)31-28(26(29)35,15-20-10-12-21(36-4)13-11-20)22(14-19-8-6-7-9-19)24(33)27(3)17-38-27/h10-13,18-19,22H,5-9,14-17H2,1-4H3,(H2,29,35)(H,30,32)(H,31,34)/t18-,22-,27-,28?/m1/s1. The van der Waals surface area contributed by atoms with Gasteiger partial charge in [-0.15, -0.1) is 0 Å². The first-order valence-electron chi connectivity index (χ1n) is 13.3. The molecule has 38 heavy (non-hydrogen) atoms. The highest BCUT2D eigenvalue weighted by Crippen LogP contribution is 2.41. The number of carbonyl (C=O) groups excluding carboxylic acids is 4. The molecule has 0 spiro atoms. The van der Waals surface area contributed by atoms with Gasteiger partial charge in [-0.2, -0.15) is 0 Å². The van der Waals surface area contributed by atoms with Crippen molar-refractivity contribution in [1.29, 1.82) is 0 Å². The lowest BCUT2D eigenvalue weighted by molar-refractivity contribution is -0.142. The van der Waals surface area contributed by atoms with Crippen molar-refractivity contribution in [3.8, 4) is 5.75 Å². The quantitative estimate of drug-likeness (QED) is 0.292. The van der Waals surface area contributed by atoms with E-state index in [0.717, 1.165) is 25.7 Å². The summed E-state index contributed by atoms with van der Waals surface area (Å²) in [5.74, 6) is -2.19. The van der Waals surface area contributed by atoms with Gasteiger partial charge in [0.25, 0.3) is 0 Å². The number of carbonyl (C=O) groups is 4. The van der Waals surface area contributed by atoms with Gasteiger partial charge in [0, 0.05) is 13.0 Å². The zero-order chi connectivity index (χ0) is 27.9. The Balaban J connectivity index is 2.00. The van der Waals surface area contributed by atoms with Crippen molar-refractivity contribution in [2.24, 2.45) is 17.6 Å². The van der Waals surface area contributed by atoms with Crippen LogP contribution in [0, 0.1) is 11.8 Å². The topological polar surface area (TPSA) is 149 Å². The molecular weight excluding hydrogens is 490 g/mol. The van der Waals surface area contributed by atoms with E-state index < -0.39 is 40.8 Å². The highest BCUT2D eigenvalue weighted by molar-refractivity contribution is 6.01. The van der Waals surface area contributed by atoms with E-state index in [2.05, 4.69) is 10.6 Å². The highest BCUT2D eigenvalue weighted by atomic mass is 16.6. The Kier molecular flexibility index (Phi) is 9.89. The second kappa shape index (κ2) is 12.7. The Morgan fingerprint density at radius 1 is 1.18 bits per heavy atom. The second-order valence-corrected chi connectivity index (χ2v) is 10.6. The van der Waals surface area contributed by atoms with E-state index in [1.165, 1.54) is 6.92 Å². The zero-order valence-electron chi connectivity index (χ0n) is 22.8. The van der Waals surface area contributed by atoms with E-state index in [9.17, 15) is 19.2 Å². The number of primary amides is 1. The van der Waals surface area contributed by atoms with Gasteiger partial charge in [-0.25, -0.2) is 0 Å². The minimum atomic E-state index is -1.74. The maximum atomic E-state index is 13.9. The third kappa shape index (κ3) is 7.11. The number of Topliss-reactive ketones (excluding diaryl/α,β-unsaturated/α-hetero) is 1. The molecule has 1 saturated heterocycles. The van der Waals surface area contributed by atoms with Crippen LogP contribution in [-0.2, 0) is 35.1 Å². The second-order valence-electron chi connectivity index (χ2n) is 10.6. The molecule has 1 heterocycles. The number of nitrogens with one attached hydrogen (secondary N) is 2. The van der Waals surface area contributed by atoms with Crippen LogP contribution in [0.2, 0.25) is 0 Å². The predicted octanol–water partition coefficient (Wildman–Crippen LogP) is 1.67. The van der Waals surface area contributed by atoms with E-state index in [4.69, 9.17) is 19.9 Å². The zero-order valence-corrected chi connectivity index (χ0v) is 22.8. The number of hydrogen-bond donors (Lipinski definition) is 3. The van der Waals surface area contributed by atoms with Crippen molar-refractivity contribution in [3.05, 3.63) is 29.8 Å². The first kappa shape index (κ1) is 29.6. The number of amides is 3. The van der Waals surface area contributed by atoms with Gasteiger partial charge in [-0.05, 0) is 50.8 Å². The monoisotopic (exact) mass is 531 g/mol. The number of nitrogens with two attached hydrogens (primary N) is 1. The number of rotatable bonds is 15. The SMILES string of the molecule is CCOCC(=O)N[C@H](C)C(=O)NC(Cc1ccc(OC)cc1)(C(N)=O)[C@H](CC1CCCC1)C(=O)[C@@]1(C)CO1. The predicted molar refractivity (Wildman–Crippen MR) is 140 cm³/mol. The minimum absolute atomic E-state index is 0.00309. The van der Waals surface area contributed by atoms with E-state index in [-0.39, 0.29) is 31.3 Å². The number of epoxide rings is 1. The first-order chi connectivity index (χ1) is 18.0. The molecule has 0 bridgehead atoms. The first-order valence-corrected chi connectivity index (χ1v) is 13.3. The average molecular weight is 532 g/mol. The van der Waals surface area contributed by atoms with Crippen molar-refractivity contribution in [2.75, 3.05) is 26.9 Å². The summed E-state index contributed by atoms with van der Waals surface area (Å²) in [5.41, 5.74) is 4.03. The van der Waals surface area contributed by atoms with Gasteiger partial charge in [0.15, 0.2) is 5.78 Å². The number of hydrogen-bond acceptors (Lipinski definition) is 7. The molecule has 10 nitrogen and oxygen atoms in total. The molecule has 2 aliphatic rings. The Bertz CT molecular complexity index is 1000. The molecular formula is C28H41N3O7. The van der Waals surface area contributed by atoms with Crippen LogP contribution in [0.1, 0.15) is 58.4 Å². The molecule has 4 atom stereocenters. The lowest BCUT2D eigenvalue weighted by atomic mass is 9.69. The van der Waals surface area contributed by atoms with Crippen molar-refractivity contribution in [3.63, 3.8) is 0 Å². The summed E-state index contributed by atoms with van der Waals surface area (Å²) in [7, 11) is 1.55. The molecule has 2 fully saturated rings. The fraction of sp³-hybridized carbons (Fsp3) is 0.643. The number of methoxy groups -OCH3 is 1. The van der Waals surface area contributed by atoms with Crippen molar-refractivity contribution < 1.29 is 33.4 Å². The molecule has 1 aliphatic heterocycles. The highest BCUT2D eigenvalue weighted by Gasteiger charge is 2.58. The maximum absolute atomic E-state index is 13.9. The maximum Gasteiger partial charge on any atom is 0.246 e. The smallest absolute Gasteiger partial charge is 0.246 e. The van der Waals surface area contributed by atoms with E-state index in [1.807, 2.05) is 0 Å². The van der Waals surface area contributed by atoms with Gasteiger partial charge in [0.1, 0.15) is 29.5 Å². The molecule has 210 valence electrons. The van der Waals surface area contributed by atoms with Gasteiger partial charge >= 0.3 is 0 Å². The van der Waals surface area contributed by atoms with Gasteiger partial charge in [-0.3, -0.25) is 19.2 Å². The molecule has 0 aromatic heterocycles. The largest absolute Gasteiger partial charge is 0.497 e. The molecule has 1 saturated carbocycles. The number of ketones is 1. The molecule has 1 unspecified atom stereocenters. The Morgan fingerprint density at radius 3 is 2.34 bits per heavy atom. The fourth-order valence-corrected chi connectivity index (χ4v) is 5.24. The van der Waals surface area contributed by atoms with Crippen molar-refractivity contribution >= 4 is 23.5 Å². The molecule has 4 N–H and O–H groups in total. The van der Waals surface area contributed by atoms with Crippen LogP contribution in [-0.4, -0.2) is 67.6 Å². The van der Waals surface area contributed by atoms with Gasteiger partial charge in [0.05, 0.1) is 19.6 Å². The van der Waals surface area contributed by atoms with Crippen LogP contribution < -0.4 is 21.1 Å². The molecule has 1 aliphatic carbocycles. The minimum Gasteiger partial charge on any atom is -0.497 e. The van der Waals surface area contributed by atoms with E-state index in [0.29, 0.717) is 24.3 Å². The Morgan fingerprint density at radius 2 is 1.82 bits per heavy atom. The van der Waals surface area contributed by atoms with Crippen LogP contribution in [0.3, 0.4) is 0 Å². The summed E-state index contributed by atoms with van der Waals surface area (Å²) in [6.45, 7) is 5.38. The molecule has 10 heteroatoms. The summed E-state index contributed by atoms with van der Waals surface area (Å²) >= 11 is 0. The fourth-order valence-electron chi connectivity index (χ4n) is 5.24. The molecule has 3 rings (SSSR count). The van der Waals surface area contributed by atoms with Crippen molar-refractivity contribution in [1.82, 2.24) is 10.6 Å². The van der Waals surface area contributed by atoms with E-state index in [1.54, 1.807) is 45.2 Å². The summed E-state index contributed by atoms with van der Waals surface area (Å²) < 4.78 is 15.9. The van der Waals surface area contributed by atoms with Crippen LogP contribution in [0.4, 0.5) is 0 Å². The third-order valence-corrected chi connectivity index (χ3v) is 7.69. The van der Waals surface area contributed by atoms with E-state index >= 15 is 0 Å². The summed E-state index contributed by atoms with van der Waals surface area (Å²) in [4.78, 5) is 53.0. The summed E-state index contributed by atoms with van der Waals surface area (Å²) in [6, 6.07) is 6.06. The molecule has 1 aromatic rings. The van der Waals surface area contributed by atoms with Gasteiger partial charge < -0.3 is 30.6 Å². The Hall–Kier alpha value is -2.98. The van der Waals surface area contributed by atoms with Crippen LogP contribution >= 0.6 is 0 Å². The number of benzene rings is 1. The number of ether oxygens (including phenoxy) is 3. The Labute approximate surface area is 224 Å². The van der Waals surface area contributed by atoms with Gasteiger partial charge in [-0.1, -0.05) is 37.8 Å². The summed E-state index contributed by atoms with van der Waals surface area (Å²) in [6.07, 6.45) is 4.39. The average Bonchev–Trinajstić information content (AvgIpc) is 3.43. The van der Waals surface area contributed by atoms with Crippen LogP contribution in [0.25, 0.3) is 0 Å². The lowest BCUT2D eigenvalue weighted by Gasteiger charge is -2.40. The third-order valence-electron chi connectivity index (χ3n) is 7.69. The van der Waals surface area contributed by atoms with Crippen LogP contribution in [0.15, 0.2) is 24.3 Å². The van der Waals surface area contributed by atoms with Gasteiger partial charge in [0.2, 0.25) is 17.7 Å².